The highest BCUT2D eigenvalue weighted by molar-refractivity contribution is 7.89. The summed E-state index contributed by atoms with van der Waals surface area (Å²) >= 11 is 11.0. The highest BCUT2D eigenvalue weighted by atomic mass is 35.5. The number of hydrogen-bond donors (Lipinski definition) is 2. The molecule has 26 heavy (non-hydrogen) atoms. The molecule has 3 rings (SSSR count). The topological polar surface area (TPSA) is 100 Å². The summed E-state index contributed by atoms with van der Waals surface area (Å²) in [6.45, 7) is -0.128. The fourth-order valence-electron chi connectivity index (χ4n) is 2.48. The van der Waals surface area contributed by atoms with Gasteiger partial charge in [-0.1, -0.05) is 11.6 Å². The largest absolute Gasteiger partial charge is 0.348 e. The van der Waals surface area contributed by atoms with Gasteiger partial charge >= 0.3 is 0 Å². The first-order valence-electron chi connectivity index (χ1n) is 7.93. The van der Waals surface area contributed by atoms with Gasteiger partial charge in [0.15, 0.2) is 10.6 Å². The Morgan fingerprint density at radius 1 is 1.42 bits per heavy atom. The van der Waals surface area contributed by atoms with Crippen molar-refractivity contribution in [3.05, 3.63) is 39.9 Å². The smallest absolute Gasteiger partial charge is 0.243 e. The van der Waals surface area contributed by atoms with Crippen molar-refractivity contribution in [1.29, 1.82) is 0 Å². The summed E-state index contributed by atoms with van der Waals surface area (Å²) in [6.07, 6.45) is 2.08. The van der Waals surface area contributed by atoms with Gasteiger partial charge in [0.25, 0.3) is 0 Å². The molecule has 1 saturated carbocycles. The number of amides is 1. The molecule has 0 radical (unpaired) electrons. The Morgan fingerprint density at radius 3 is 2.69 bits per heavy atom. The molecular weight excluding hydrogens is 398 g/mol. The van der Waals surface area contributed by atoms with Gasteiger partial charge in [-0.3, -0.25) is 14.5 Å². The van der Waals surface area contributed by atoms with Gasteiger partial charge in [0.05, 0.1) is 18.0 Å². The van der Waals surface area contributed by atoms with Gasteiger partial charge < -0.3 is 5.32 Å². The SMILES string of the molecule is CN(CC(=O)NCc1n[nH]c(=S)n1C1CC1)S(=O)(=O)c1ccc(Cl)cc1. The molecule has 11 heteroatoms. The summed E-state index contributed by atoms with van der Waals surface area (Å²) in [6, 6.07) is 6.12. The summed E-state index contributed by atoms with van der Waals surface area (Å²) < 4.78 is 28.4. The van der Waals surface area contributed by atoms with Crippen LogP contribution >= 0.6 is 23.8 Å². The molecule has 0 saturated heterocycles. The molecule has 0 spiro atoms. The van der Waals surface area contributed by atoms with E-state index in [1.54, 1.807) is 0 Å². The monoisotopic (exact) mass is 415 g/mol. The first-order valence-corrected chi connectivity index (χ1v) is 10.2. The van der Waals surface area contributed by atoms with Crippen molar-refractivity contribution < 1.29 is 13.2 Å². The van der Waals surface area contributed by atoms with E-state index in [1.807, 2.05) is 4.57 Å². The van der Waals surface area contributed by atoms with Crippen molar-refractivity contribution in [2.45, 2.75) is 30.3 Å². The summed E-state index contributed by atoms with van der Waals surface area (Å²) in [5.74, 6) is 0.204. The minimum atomic E-state index is -3.77. The predicted molar refractivity (Wildman–Crippen MR) is 98.8 cm³/mol. The molecular formula is C15H18ClN5O3S2. The number of likely N-dealkylation sites (N-methyl/N-ethyl adjacent to an activating group) is 1. The molecule has 0 aliphatic heterocycles. The molecule has 0 atom stereocenters. The fourth-order valence-corrected chi connectivity index (χ4v) is 4.03. The standard InChI is InChI=1S/C15H18ClN5O3S2/c1-20(26(23,24)12-6-2-10(16)3-7-12)9-14(22)17-8-13-18-19-15(25)21(13)11-4-5-11/h2-3,6-7,11H,4-5,8-9H2,1H3,(H,17,22)(H,19,25). The van der Waals surface area contributed by atoms with Crippen molar-refractivity contribution >= 4 is 39.7 Å². The lowest BCUT2D eigenvalue weighted by Crippen LogP contribution is -2.38. The van der Waals surface area contributed by atoms with Crippen LogP contribution in [0.25, 0.3) is 0 Å². The van der Waals surface area contributed by atoms with Crippen LogP contribution in [0, 0.1) is 4.77 Å². The molecule has 8 nitrogen and oxygen atoms in total. The maximum Gasteiger partial charge on any atom is 0.243 e. The highest BCUT2D eigenvalue weighted by Crippen LogP contribution is 2.35. The molecule has 0 bridgehead atoms. The Hall–Kier alpha value is -1.75. The number of sulfonamides is 1. The normalized spacial score (nSPS) is 14.6. The zero-order valence-corrected chi connectivity index (χ0v) is 16.4. The van der Waals surface area contributed by atoms with Crippen LogP contribution in [0.3, 0.4) is 0 Å². The molecule has 2 aromatic rings. The average molecular weight is 416 g/mol. The maximum atomic E-state index is 12.5. The van der Waals surface area contributed by atoms with Crippen LogP contribution in [0.4, 0.5) is 0 Å². The number of hydrogen-bond acceptors (Lipinski definition) is 5. The first kappa shape index (κ1) is 19.0. The number of H-pyrrole nitrogens is 1. The Labute approximate surface area is 161 Å². The van der Waals surface area contributed by atoms with Gasteiger partial charge in [-0.2, -0.15) is 9.40 Å². The van der Waals surface area contributed by atoms with Gasteiger partial charge in [0, 0.05) is 18.1 Å². The average Bonchev–Trinajstić information content (AvgIpc) is 3.36. The summed E-state index contributed by atoms with van der Waals surface area (Å²) in [4.78, 5) is 12.2. The van der Waals surface area contributed by atoms with E-state index in [2.05, 4.69) is 15.5 Å². The number of aromatic amines is 1. The van der Waals surface area contributed by atoms with Crippen molar-refractivity contribution in [3.63, 3.8) is 0 Å². The van der Waals surface area contributed by atoms with E-state index in [1.165, 1.54) is 31.3 Å². The third-order valence-electron chi connectivity index (χ3n) is 4.02. The lowest BCUT2D eigenvalue weighted by Gasteiger charge is -2.17. The summed E-state index contributed by atoms with van der Waals surface area (Å²) in [5, 5.41) is 9.96. The predicted octanol–water partition coefficient (Wildman–Crippen LogP) is 1.87. The van der Waals surface area contributed by atoms with Crippen LogP contribution in [0.15, 0.2) is 29.2 Å². The fraction of sp³-hybridized carbons (Fsp3) is 0.400. The van der Waals surface area contributed by atoms with Gasteiger partial charge in [-0.25, -0.2) is 8.42 Å². The van der Waals surface area contributed by atoms with Crippen molar-refractivity contribution in [3.8, 4) is 0 Å². The molecule has 1 heterocycles. The van der Waals surface area contributed by atoms with E-state index >= 15 is 0 Å². The molecule has 1 amide bonds. The third kappa shape index (κ3) is 4.14. The van der Waals surface area contributed by atoms with Crippen LogP contribution in [0.1, 0.15) is 24.7 Å². The first-order chi connectivity index (χ1) is 12.3. The van der Waals surface area contributed by atoms with Crippen molar-refractivity contribution in [2.24, 2.45) is 0 Å². The van der Waals surface area contributed by atoms with Gasteiger partial charge in [-0.15, -0.1) is 0 Å². The zero-order valence-electron chi connectivity index (χ0n) is 14.0. The summed E-state index contributed by atoms with van der Waals surface area (Å²) in [5.41, 5.74) is 0. The van der Waals surface area contributed by atoms with E-state index in [0.29, 0.717) is 21.7 Å². The molecule has 1 fully saturated rings. The van der Waals surface area contributed by atoms with E-state index in [-0.39, 0.29) is 18.0 Å². The molecule has 140 valence electrons. The molecule has 2 N–H and O–H groups in total. The number of carbonyl (C=O) groups is 1. The molecule has 1 aliphatic rings. The number of nitrogens with zero attached hydrogens (tertiary/aromatic N) is 3. The number of carbonyl (C=O) groups excluding carboxylic acids is 1. The number of benzene rings is 1. The second-order valence-corrected chi connectivity index (χ2v) is 8.91. The Balaban J connectivity index is 1.61. The second kappa shape index (κ2) is 7.47. The van der Waals surface area contributed by atoms with Gasteiger partial charge in [0.2, 0.25) is 15.9 Å². The molecule has 1 aliphatic carbocycles. The Bertz CT molecular complexity index is 964. The van der Waals surface area contributed by atoms with Crippen molar-refractivity contribution in [2.75, 3.05) is 13.6 Å². The minimum absolute atomic E-state index is 0.0758. The maximum absolute atomic E-state index is 12.5. The van der Waals surface area contributed by atoms with Gasteiger partial charge in [-0.05, 0) is 49.3 Å². The highest BCUT2D eigenvalue weighted by Gasteiger charge is 2.27. The quantitative estimate of drug-likeness (QED) is 0.672. The van der Waals surface area contributed by atoms with E-state index in [0.717, 1.165) is 17.1 Å². The number of halogens is 1. The Morgan fingerprint density at radius 2 is 2.08 bits per heavy atom. The third-order valence-corrected chi connectivity index (χ3v) is 6.38. The van der Waals surface area contributed by atoms with Crippen molar-refractivity contribution in [1.82, 2.24) is 24.4 Å². The molecule has 0 unspecified atom stereocenters. The van der Waals surface area contributed by atoms with Crippen LogP contribution in [0.2, 0.25) is 5.02 Å². The Kier molecular flexibility index (Phi) is 5.47. The minimum Gasteiger partial charge on any atom is -0.348 e. The number of aromatic nitrogens is 3. The van der Waals surface area contributed by atoms with Crippen LogP contribution in [-0.4, -0.2) is 47.0 Å². The van der Waals surface area contributed by atoms with Crippen LogP contribution < -0.4 is 5.32 Å². The van der Waals surface area contributed by atoms with E-state index in [4.69, 9.17) is 23.8 Å². The molecule has 1 aromatic heterocycles. The number of nitrogens with one attached hydrogen (secondary N) is 2. The lowest BCUT2D eigenvalue weighted by atomic mass is 10.4. The summed E-state index contributed by atoms with van der Waals surface area (Å²) in [7, 11) is -2.42. The van der Waals surface area contributed by atoms with E-state index in [9.17, 15) is 13.2 Å². The lowest BCUT2D eigenvalue weighted by molar-refractivity contribution is -0.121. The zero-order chi connectivity index (χ0) is 18.9. The van der Waals surface area contributed by atoms with Gasteiger partial charge in [0.1, 0.15) is 0 Å². The second-order valence-electron chi connectivity index (χ2n) is 6.04. The van der Waals surface area contributed by atoms with Crippen LogP contribution in [-0.2, 0) is 21.4 Å². The van der Waals surface area contributed by atoms with Crippen LogP contribution in [0.5, 0.6) is 0 Å². The van der Waals surface area contributed by atoms with E-state index < -0.39 is 15.9 Å². The molecule has 1 aromatic carbocycles. The number of rotatable bonds is 7.